The van der Waals surface area contributed by atoms with Crippen LogP contribution in [0.1, 0.15) is 25.0 Å². The van der Waals surface area contributed by atoms with Gasteiger partial charge in [-0.05, 0) is 43.0 Å². The summed E-state index contributed by atoms with van der Waals surface area (Å²) in [4.78, 5) is 28.7. The van der Waals surface area contributed by atoms with Crippen LogP contribution >= 0.6 is 0 Å². The molecule has 3 aromatic heterocycles. The predicted octanol–water partition coefficient (Wildman–Crippen LogP) is 3.00. The number of aromatic nitrogens is 3. The first-order valence-electron chi connectivity index (χ1n) is 10.8. The number of carboxylic acid groups (broad SMARTS) is 1. The van der Waals surface area contributed by atoms with Crippen LogP contribution in [0, 0.1) is 23.2 Å². The quantitative estimate of drug-likeness (QED) is 0.595. The largest absolute Gasteiger partial charge is 0.491 e. The van der Waals surface area contributed by atoms with E-state index in [1.165, 1.54) is 11.1 Å². The van der Waals surface area contributed by atoms with Crippen LogP contribution in [0.15, 0.2) is 36.7 Å². The molecular weight excluding hydrogens is 424 g/mol. The van der Waals surface area contributed by atoms with Crippen molar-refractivity contribution in [1.82, 2.24) is 19.5 Å². The normalized spacial score (nSPS) is 17.7. The Hall–Kier alpha value is -4.13. The Morgan fingerprint density at radius 2 is 2.12 bits per heavy atom. The molecule has 1 saturated heterocycles. The van der Waals surface area contributed by atoms with Gasteiger partial charge in [0, 0.05) is 42.8 Å². The third-order valence-electron chi connectivity index (χ3n) is 5.99. The number of carbonyl (C=O) groups is 2. The monoisotopic (exact) mass is 446 g/mol. The van der Waals surface area contributed by atoms with Crippen LogP contribution in [0.4, 0.5) is 10.6 Å². The molecule has 2 amide bonds. The van der Waals surface area contributed by atoms with Crippen molar-refractivity contribution in [2.45, 2.75) is 19.3 Å². The summed E-state index contributed by atoms with van der Waals surface area (Å²) >= 11 is 0. The van der Waals surface area contributed by atoms with Gasteiger partial charge in [0.1, 0.15) is 17.5 Å². The molecule has 1 aliphatic heterocycles. The molecule has 1 saturated carbocycles. The third kappa shape index (κ3) is 4.43. The minimum atomic E-state index is -0.917. The fraction of sp³-hybridized carbons (Fsp3) is 0.348. The van der Waals surface area contributed by atoms with Gasteiger partial charge in [-0.15, -0.1) is 0 Å². The number of anilines is 1. The second-order valence-electron chi connectivity index (χ2n) is 8.45. The summed E-state index contributed by atoms with van der Waals surface area (Å²) in [5, 5.41) is 25.7. The Balaban J connectivity index is 1.38. The lowest BCUT2D eigenvalue weighted by Crippen LogP contribution is -2.27. The molecule has 0 radical (unpaired) electrons. The average Bonchev–Trinajstić information content (AvgIpc) is 3.42. The Labute approximate surface area is 189 Å². The maximum Gasteiger partial charge on any atom is 0.407 e. The van der Waals surface area contributed by atoms with Crippen molar-refractivity contribution in [2.24, 2.45) is 11.8 Å². The number of hydrogen-bond donors (Lipinski definition) is 2. The lowest BCUT2D eigenvalue weighted by atomic mass is 10.1. The first-order valence-corrected chi connectivity index (χ1v) is 10.8. The number of nitriles is 1. The first-order chi connectivity index (χ1) is 16.0. The smallest absolute Gasteiger partial charge is 0.407 e. The second-order valence-corrected chi connectivity index (χ2v) is 8.45. The summed E-state index contributed by atoms with van der Waals surface area (Å²) in [5.74, 6) is 1.20. The molecule has 2 N–H and O–H groups in total. The summed E-state index contributed by atoms with van der Waals surface area (Å²) < 4.78 is 7.71. The van der Waals surface area contributed by atoms with Gasteiger partial charge < -0.3 is 20.1 Å². The zero-order chi connectivity index (χ0) is 22.9. The number of rotatable bonds is 6. The van der Waals surface area contributed by atoms with Crippen molar-refractivity contribution < 1.29 is 19.4 Å². The molecule has 5 rings (SSSR count). The van der Waals surface area contributed by atoms with Crippen molar-refractivity contribution in [3.63, 3.8) is 0 Å². The number of amides is 2. The number of nitrogens with one attached hydrogen (secondary N) is 1. The van der Waals surface area contributed by atoms with E-state index in [1.54, 1.807) is 22.8 Å². The number of ether oxygens (including phenoxy) is 1. The number of likely N-dealkylation sites (tertiary alicyclic amines) is 1. The fourth-order valence-electron chi connectivity index (χ4n) is 3.99. The molecule has 2 fully saturated rings. The minimum absolute atomic E-state index is 0.00418. The minimum Gasteiger partial charge on any atom is -0.491 e. The molecule has 0 spiro atoms. The van der Waals surface area contributed by atoms with E-state index in [4.69, 9.17) is 9.84 Å². The van der Waals surface area contributed by atoms with Gasteiger partial charge in [-0.1, -0.05) is 0 Å². The van der Waals surface area contributed by atoms with Gasteiger partial charge in [0.2, 0.25) is 5.91 Å². The molecule has 0 unspecified atom stereocenters. The summed E-state index contributed by atoms with van der Waals surface area (Å²) in [5.41, 5.74) is 2.57. The molecule has 1 atom stereocenters. The number of nitrogens with zero attached hydrogens (tertiary/aromatic N) is 5. The van der Waals surface area contributed by atoms with Crippen molar-refractivity contribution in [1.29, 1.82) is 5.26 Å². The summed E-state index contributed by atoms with van der Waals surface area (Å²) in [6.45, 7) is 1.29. The Bertz CT molecular complexity index is 1280. The van der Waals surface area contributed by atoms with E-state index in [2.05, 4.69) is 21.5 Å². The Morgan fingerprint density at radius 3 is 2.85 bits per heavy atom. The molecular formula is C23H22N6O4. The predicted molar refractivity (Wildman–Crippen MR) is 118 cm³/mol. The SMILES string of the molecule is N#Cc1cc(-c2ccn3nc(NC(=O)C4CC4)cc3c2)c(OC[C@@H]2CCN(C(=O)O)C2)cn1. The molecule has 2 aliphatic rings. The van der Waals surface area contributed by atoms with Crippen LogP contribution < -0.4 is 10.1 Å². The summed E-state index contributed by atoms with van der Waals surface area (Å²) in [6.07, 6.45) is 4.98. The molecule has 1 aliphatic carbocycles. The highest BCUT2D eigenvalue weighted by atomic mass is 16.5. The number of pyridine rings is 2. The molecule has 4 heterocycles. The highest BCUT2D eigenvalue weighted by molar-refractivity contribution is 5.93. The highest BCUT2D eigenvalue weighted by Gasteiger charge is 2.30. The number of fused-ring (bicyclic) bond motifs is 1. The maximum atomic E-state index is 12.0. The molecule has 33 heavy (non-hydrogen) atoms. The van der Waals surface area contributed by atoms with E-state index >= 15 is 0 Å². The van der Waals surface area contributed by atoms with Crippen molar-refractivity contribution in [3.05, 3.63) is 42.4 Å². The topological polar surface area (TPSA) is 133 Å². The lowest BCUT2D eigenvalue weighted by Gasteiger charge is -2.15. The molecule has 0 aromatic carbocycles. The van der Waals surface area contributed by atoms with E-state index in [1.807, 2.05) is 12.1 Å². The van der Waals surface area contributed by atoms with Gasteiger partial charge >= 0.3 is 6.09 Å². The highest BCUT2D eigenvalue weighted by Crippen LogP contribution is 2.33. The molecule has 10 heteroatoms. The average molecular weight is 446 g/mol. The van der Waals surface area contributed by atoms with Gasteiger partial charge in [0.05, 0.1) is 18.3 Å². The van der Waals surface area contributed by atoms with Crippen LogP contribution in [0.2, 0.25) is 0 Å². The van der Waals surface area contributed by atoms with Gasteiger partial charge in [-0.3, -0.25) is 4.79 Å². The summed E-state index contributed by atoms with van der Waals surface area (Å²) in [7, 11) is 0. The molecule has 0 bridgehead atoms. The zero-order valence-electron chi connectivity index (χ0n) is 17.8. The van der Waals surface area contributed by atoms with E-state index < -0.39 is 6.09 Å². The summed E-state index contributed by atoms with van der Waals surface area (Å²) in [6, 6.07) is 9.30. The Kier molecular flexibility index (Phi) is 5.30. The van der Waals surface area contributed by atoms with Crippen LogP contribution in [-0.4, -0.2) is 56.3 Å². The first kappa shape index (κ1) is 20.8. The third-order valence-corrected chi connectivity index (χ3v) is 5.99. The van der Waals surface area contributed by atoms with E-state index in [9.17, 15) is 14.9 Å². The standard InChI is InChI=1S/C23H22N6O4/c24-10-17-8-19(20(11-25-17)33-13-14-3-5-28(12-14)23(31)32)16-4-6-29-18(7-16)9-21(27-29)26-22(30)15-1-2-15/h4,6-9,11,14-15H,1-3,5,12-13H2,(H,31,32)(H,26,27,30)/t14-/m1/s1. The van der Waals surface area contributed by atoms with Gasteiger partial charge in [0.25, 0.3) is 0 Å². The van der Waals surface area contributed by atoms with Crippen LogP contribution in [-0.2, 0) is 4.79 Å². The van der Waals surface area contributed by atoms with Gasteiger partial charge in [0.15, 0.2) is 5.82 Å². The van der Waals surface area contributed by atoms with E-state index in [-0.39, 0.29) is 23.4 Å². The van der Waals surface area contributed by atoms with Gasteiger partial charge in [-0.2, -0.15) is 10.4 Å². The van der Waals surface area contributed by atoms with Crippen LogP contribution in [0.5, 0.6) is 5.75 Å². The van der Waals surface area contributed by atoms with Gasteiger partial charge in [-0.25, -0.2) is 14.3 Å². The lowest BCUT2D eigenvalue weighted by molar-refractivity contribution is -0.117. The number of hydrogen-bond acceptors (Lipinski definition) is 6. The van der Waals surface area contributed by atoms with Crippen molar-refractivity contribution >= 4 is 23.3 Å². The van der Waals surface area contributed by atoms with Crippen LogP contribution in [0.3, 0.4) is 0 Å². The molecule has 10 nitrogen and oxygen atoms in total. The second kappa shape index (κ2) is 8.43. The number of carbonyl (C=O) groups excluding carboxylic acids is 1. The zero-order valence-corrected chi connectivity index (χ0v) is 17.8. The maximum absolute atomic E-state index is 12.0. The van der Waals surface area contributed by atoms with Crippen molar-refractivity contribution in [2.75, 3.05) is 25.0 Å². The fourth-order valence-corrected chi connectivity index (χ4v) is 3.99. The van der Waals surface area contributed by atoms with E-state index in [0.29, 0.717) is 36.8 Å². The van der Waals surface area contributed by atoms with Crippen molar-refractivity contribution in [3.8, 4) is 22.9 Å². The molecule has 3 aromatic rings. The van der Waals surface area contributed by atoms with E-state index in [0.717, 1.165) is 30.3 Å². The van der Waals surface area contributed by atoms with Crippen LogP contribution in [0.25, 0.3) is 16.6 Å². The Morgan fingerprint density at radius 1 is 1.27 bits per heavy atom. The molecule has 168 valence electrons.